The summed E-state index contributed by atoms with van der Waals surface area (Å²) in [5, 5.41) is 3.39. The van der Waals surface area contributed by atoms with Crippen LogP contribution >= 0.6 is 0 Å². The number of rotatable bonds is 9. The highest BCUT2D eigenvalue weighted by molar-refractivity contribution is 5.79. The van der Waals surface area contributed by atoms with Gasteiger partial charge in [-0.1, -0.05) is 26.7 Å². The van der Waals surface area contributed by atoms with Crippen molar-refractivity contribution in [2.45, 2.75) is 76.9 Å². The van der Waals surface area contributed by atoms with Crippen molar-refractivity contribution < 1.29 is 4.79 Å². The van der Waals surface area contributed by atoms with E-state index in [4.69, 9.17) is 5.73 Å². The second kappa shape index (κ2) is 7.41. The Kier molecular flexibility index (Phi) is 5.85. The molecule has 0 bridgehead atoms. The molecule has 4 heteroatoms. The van der Waals surface area contributed by atoms with Gasteiger partial charge in [0.25, 0.3) is 0 Å². The van der Waals surface area contributed by atoms with E-state index in [1.54, 1.807) is 0 Å². The quantitative estimate of drug-likeness (QED) is 0.678. The smallest absolute Gasteiger partial charge is 0.234 e. The molecule has 4 nitrogen and oxygen atoms in total. The predicted octanol–water partition coefficient (Wildman–Crippen LogP) is 1.88. The van der Waals surface area contributed by atoms with Gasteiger partial charge in [-0.15, -0.1) is 0 Å². The third kappa shape index (κ3) is 5.06. The third-order valence-corrected chi connectivity index (χ3v) is 4.50. The molecule has 1 unspecified atom stereocenters. The lowest BCUT2D eigenvalue weighted by atomic mass is 10.1. The van der Waals surface area contributed by atoms with Gasteiger partial charge in [-0.05, 0) is 38.0 Å². The first-order valence-electron chi connectivity index (χ1n) is 8.35. The molecule has 0 spiro atoms. The zero-order valence-electron chi connectivity index (χ0n) is 13.1. The van der Waals surface area contributed by atoms with Gasteiger partial charge in [0, 0.05) is 25.2 Å². The van der Waals surface area contributed by atoms with Crippen LogP contribution in [0.15, 0.2) is 0 Å². The van der Waals surface area contributed by atoms with Gasteiger partial charge in [0.15, 0.2) is 0 Å². The lowest BCUT2D eigenvalue weighted by molar-refractivity contribution is -0.120. The highest BCUT2D eigenvalue weighted by Gasteiger charge is 2.29. The second-order valence-corrected chi connectivity index (χ2v) is 7.01. The van der Waals surface area contributed by atoms with E-state index in [1.807, 2.05) is 0 Å². The molecule has 0 saturated heterocycles. The average molecular weight is 281 g/mol. The summed E-state index contributed by atoms with van der Waals surface area (Å²) in [6.07, 6.45) is 8.62. The summed E-state index contributed by atoms with van der Waals surface area (Å²) in [7, 11) is 0. The van der Waals surface area contributed by atoms with Gasteiger partial charge in [0.1, 0.15) is 0 Å². The Hall–Kier alpha value is -0.610. The Morgan fingerprint density at radius 2 is 1.90 bits per heavy atom. The number of nitrogens with zero attached hydrogens (tertiary/aromatic N) is 1. The van der Waals surface area contributed by atoms with E-state index in [9.17, 15) is 4.79 Å². The lowest BCUT2D eigenvalue weighted by Gasteiger charge is -2.31. The number of hydrogen-bond acceptors (Lipinski definition) is 3. The Morgan fingerprint density at radius 1 is 1.25 bits per heavy atom. The van der Waals surface area contributed by atoms with E-state index in [1.165, 1.54) is 38.5 Å². The second-order valence-electron chi connectivity index (χ2n) is 7.01. The zero-order valence-corrected chi connectivity index (χ0v) is 13.1. The zero-order chi connectivity index (χ0) is 14.5. The van der Waals surface area contributed by atoms with Gasteiger partial charge in [-0.25, -0.2) is 0 Å². The number of carbonyl (C=O) groups is 1. The predicted molar refractivity (Wildman–Crippen MR) is 82.4 cm³/mol. The molecule has 0 aromatic rings. The highest BCUT2D eigenvalue weighted by atomic mass is 16.1. The van der Waals surface area contributed by atoms with E-state index >= 15 is 0 Å². The molecule has 0 aliphatic heterocycles. The molecule has 2 fully saturated rings. The molecular formula is C16H31N3O. The molecule has 116 valence electrons. The summed E-state index contributed by atoms with van der Waals surface area (Å²) in [6.45, 7) is 6.68. The number of nitrogens with one attached hydrogen (secondary N) is 1. The fourth-order valence-corrected chi connectivity index (χ4v) is 3.30. The van der Waals surface area contributed by atoms with Crippen molar-refractivity contribution in [2.24, 2.45) is 11.7 Å². The van der Waals surface area contributed by atoms with Crippen molar-refractivity contribution in [3.05, 3.63) is 0 Å². The first kappa shape index (κ1) is 15.8. The first-order valence-corrected chi connectivity index (χ1v) is 8.35. The minimum Gasteiger partial charge on any atom is -0.368 e. The molecule has 2 saturated carbocycles. The summed E-state index contributed by atoms with van der Waals surface area (Å²) in [6, 6.07) is 1.13. The van der Waals surface area contributed by atoms with E-state index in [0.717, 1.165) is 25.6 Å². The van der Waals surface area contributed by atoms with Gasteiger partial charge in [0.2, 0.25) is 5.91 Å². The van der Waals surface area contributed by atoms with Crippen LogP contribution in [0.25, 0.3) is 0 Å². The number of carbonyl (C=O) groups excluding carboxylic acids is 1. The minimum absolute atomic E-state index is 0.140. The molecule has 2 aliphatic carbocycles. The molecule has 0 aromatic carbocycles. The van der Waals surface area contributed by atoms with E-state index in [-0.39, 0.29) is 11.9 Å². The lowest BCUT2D eigenvalue weighted by Crippen LogP contribution is -2.46. The maximum atomic E-state index is 11.6. The Morgan fingerprint density at radius 3 is 2.40 bits per heavy atom. The van der Waals surface area contributed by atoms with Crippen LogP contribution in [-0.4, -0.2) is 42.0 Å². The largest absolute Gasteiger partial charge is 0.368 e. The van der Waals surface area contributed by atoms with Crippen LogP contribution in [0.1, 0.15) is 58.8 Å². The van der Waals surface area contributed by atoms with Crippen LogP contribution in [0.4, 0.5) is 0 Å². The molecule has 1 atom stereocenters. The highest BCUT2D eigenvalue weighted by Crippen LogP contribution is 2.25. The fourth-order valence-electron chi connectivity index (χ4n) is 3.30. The summed E-state index contributed by atoms with van der Waals surface area (Å²) in [4.78, 5) is 14.2. The van der Waals surface area contributed by atoms with Gasteiger partial charge in [-0.2, -0.15) is 0 Å². The molecule has 2 aliphatic rings. The summed E-state index contributed by atoms with van der Waals surface area (Å²) in [5.41, 5.74) is 5.53. The molecule has 20 heavy (non-hydrogen) atoms. The monoisotopic (exact) mass is 281 g/mol. The third-order valence-electron chi connectivity index (χ3n) is 4.50. The Labute approximate surface area is 123 Å². The van der Waals surface area contributed by atoms with Crippen LogP contribution in [-0.2, 0) is 4.79 Å². The number of amides is 1. The Balaban J connectivity index is 1.83. The minimum atomic E-state index is -0.187. The molecule has 0 heterocycles. The summed E-state index contributed by atoms with van der Waals surface area (Å²) >= 11 is 0. The average Bonchev–Trinajstić information content (AvgIpc) is 3.03. The van der Waals surface area contributed by atoms with Crippen molar-refractivity contribution >= 4 is 5.91 Å². The van der Waals surface area contributed by atoms with E-state index in [0.29, 0.717) is 12.0 Å². The number of nitrogens with two attached hydrogens (primary N) is 1. The number of hydrogen-bond donors (Lipinski definition) is 2. The van der Waals surface area contributed by atoms with Crippen LogP contribution < -0.4 is 11.1 Å². The van der Waals surface area contributed by atoms with Crippen molar-refractivity contribution in [2.75, 3.05) is 13.1 Å². The van der Waals surface area contributed by atoms with Gasteiger partial charge in [-0.3, -0.25) is 4.79 Å². The molecule has 0 aromatic heterocycles. The first-order chi connectivity index (χ1) is 9.56. The van der Waals surface area contributed by atoms with Crippen molar-refractivity contribution in [3.63, 3.8) is 0 Å². The molecule has 3 N–H and O–H groups in total. The van der Waals surface area contributed by atoms with Crippen LogP contribution in [0.5, 0.6) is 0 Å². The molecule has 2 rings (SSSR count). The topological polar surface area (TPSA) is 58.4 Å². The van der Waals surface area contributed by atoms with Crippen LogP contribution in [0.3, 0.4) is 0 Å². The Bertz CT molecular complexity index is 309. The number of primary amides is 1. The maximum absolute atomic E-state index is 11.6. The fraction of sp³-hybridized carbons (Fsp3) is 0.938. The van der Waals surface area contributed by atoms with Crippen molar-refractivity contribution in [1.29, 1.82) is 0 Å². The molecular weight excluding hydrogens is 250 g/mol. The van der Waals surface area contributed by atoms with E-state index in [2.05, 4.69) is 24.1 Å². The summed E-state index contributed by atoms with van der Waals surface area (Å²) < 4.78 is 0. The maximum Gasteiger partial charge on any atom is 0.234 e. The van der Waals surface area contributed by atoms with E-state index < -0.39 is 0 Å². The standard InChI is InChI=1S/C16H31N3O/c1-12(2)11-19(14-5-3-4-6-14)10-9-15(16(17)20)18-13-7-8-13/h12-15,18H,3-11H2,1-2H3,(H2,17,20). The summed E-state index contributed by atoms with van der Waals surface area (Å²) in [5.74, 6) is 0.492. The van der Waals surface area contributed by atoms with Crippen molar-refractivity contribution in [1.82, 2.24) is 10.2 Å². The molecule has 1 amide bonds. The van der Waals surface area contributed by atoms with Gasteiger partial charge >= 0.3 is 0 Å². The SMILES string of the molecule is CC(C)CN(CCC(NC1CC1)C(N)=O)C1CCCC1. The normalized spacial score (nSPS) is 21.8. The van der Waals surface area contributed by atoms with Crippen molar-refractivity contribution in [3.8, 4) is 0 Å². The molecule has 0 radical (unpaired) electrons. The van der Waals surface area contributed by atoms with Crippen LogP contribution in [0.2, 0.25) is 0 Å². The van der Waals surface area contributed by atoms with Gasteiger partial charge in [0.05, 0.1) is 6.04 Å². The van der Waals surface area contributed by atoms with Crippen LogP contribution in [0, 0.1) is 5.92 Å². The van der Waals surface area contributed by atoms with Gasteiger partial charge < -0.3 is 16.0 Å².